The van der Waals surface area contributed by atoms with E-state index >= 15 is 0 Å². The van der Waals surface area contributed by atoms with E-state index < -0.39 is 10.0 Å². The van der Waals surface area contributed by atoms with E-state index in [0.717, 1.165) is 38.6 Å². The van der Waals surface area contributed by atoms with E-state index in [9.17, 15) is 8.42 Å². The Labute approximate surface area is 128 Å². The van der Waals surface area contributed by atoms with Crippen molar-refractivity contribution in [2.45, 2.75) is 70.6 Å². The minimum atomic E-state index is -3.55. The molecular formula is C15H28N2O3S. The lowest BCUT2D eigenvalue weighted by molar-refractivity contribution is 0.397. The highest BCUT2D eigenvalue weighted by molar-refractivity contribution is 7.89. The summed E-state index contributed by atoms with van der Waals surface area (Å²) in [4.78, 5) is 0. The number of rotatable bonds is 11. The summed E-state index contributed by atoms with van der Waals surface area (Å²) in [5, 5.41) is 3.18. The van der Waals surface area contributed by atoms with Crippen LogP contribution in [0.1, 0.15) is 58.6 Å². The second kappa shape index (κ2) is 9.23. The van der Waals surface area contributed by atoms with Gasteiger partial charge in [0.05, 0.1) is 6.54 Å². The fourth-order valence-corrected chi connectivity index (χ4v) is 3.30. The van der Waals surface area contributed by atoms with Crippen molar-refractivity contribution in [1.82, 2.24) is 10.0 Å². The first kappa shape index (κ1) is 18.2. The lowest BCUT2D eigenvalue weighted by Crippen LogP contribution is -2.32. The molecule has 0 aliphatic rings. The van der Waals surface area contributed by atoms with Gasteiger partial charge in [-0.3, -0.25) is 0 Å². The summed E-state index contributed by atoms with van der Waals surface area (Å²) >= 11 is 0. The summed E-state index contributed by atoms with van der Waals surface area (Å²) in [5.74, 6) is 0.641. The van der Waals surface area contributed by atoms with Crippen LogP contribution in [-0.4, -0.2) is 21.0 Å². The van der Waals surface area contributed by atoms with Crippen molar-refractivity contribution >= 4 is 10.0 Å². The molecule has 0 bridgehead atoms. The van der Waals surface area contributed by atoms with Crippen molar-refractivity contribution in [3.63, 3.8) is 0 Å². The van der Waals surface area contributed by atoms with E-state index in [0.29, 0.717) is 12.3 Å². The number of hydrogen-bond acceptors (Lipinski definition) is 4. The average Bonchev–Trinajstić information content (AvgIpc) is 2.88. The van der Waals surface area contributed by atoms with Gasteiger partial charge in [-0.05, 0) is 38.4 Å². The minimum Gasteiger partial charge on any atom is -0.447 e. The smallest absolute Gasteiger partial charge is 0.274 e. The maximum atomic E-state index is 12.2. The maximum absolute atomic E-state index is 12.2. The number of furan rings is 1. The number of nitrogens with one attached hydrogen (secondary N) is 2. The van der Waals surface area contributed by atoms with Crippen LogP contribution >= 0.6 is 0 Å². The normalized spacial score (nSPS) is 13.5. The molecule has 1 heterocycles. The predicted octanol–water partition coefficient (Wildman–Crippen LogP) is 3.03. The van der Waals surface area contributed by atoms with E-state index in [2.05, 4.69) is 23.9 Å². The molecular weight excluding hydrogens is 288 g/mol. The van der Waals surface area contributed by atoms with Crippen molar-refractivity contribution in [2.24, 2.45) is 0 Å². The molecule has 0 amide bonds. The zero-order valence-corrected chi connectivity index (χ0v) is 14.1. The first-order valence-corrected chi connectivity index (χ1v) is 9.29. The molecule has 1 aromatic rings. The van der Waals surface area contributed by atoms with Gasteiger partial charge in [-0.15, -0.1) is 0 Å². The van der Waals surface area contributed by atoms with Crippen LogP contribution in [0.25, 0.3) is 0 Å². The molecule has 0 spiro atoms. The third kappa shape index (κ3) is 6.63. The Hall–Kier alpha value is -0.850. The van der Waals surface area contributed by atoms with Crippen LogP contribution in [0.2, 0.25) is 0 Å². The average molecular weight is 316 g/mol. The van der Waals surface area contributed by atoms with E-state index in [1.807, 2.05) is 6.92 Å². The molecule has 0 aliphatic heterocycles. The second-order valence-corrected chi connectivity index (χ2v) is 7.06. The largest absolute Gasteiger partial charge is 0.447 e. The standard InChI is InChI=1S/C15H28N2O3S/c1-4-6-7-8-13(3)17-21(18,19)15-10-9-14(20-15)12-16-11-5-2/h9-10,13,16-17H,4-8,11-12H2,1-3H3. The van der Waals surface area contributed by atoms with Crippen LogP contribution in [-0.2, 0) is 16.6 Å². The van der Waals surface area contributed by atoms with Gasteiger partial charge < -0.3 is 9.73 Å². The van der Waals surface area contributed by atoms with Crippen molar-refractivity contribution < 1.29 is 12.8 Å². The molecule has 0 saturated heterocycles. The Kier molecular flexibility index (Phi) is 8.00. The molecule has 2 N–H and O–H groups in total. The van der Waals surface area contributed by atoms with Gasteiger partial charge in [0.2, 0.25) is 5.09 Å². The lowest BCUT2D eigenvalue weighted by atomic mass is 10.1. The molecule has 0 saturated carbocycles. The van der Waals surface area contributed by atoms with Gasteiger partial charge in [0, 0.05) is 6.04 Å². The molecule has 0 aliphatic carbocycles. The first-order chi connectivity index (χ1) is 9.99. The first-order valence-electron chi connectivity index (χ1n) is 7.81. The Bertz CT molecular complexity index is 497. The number of unbranched alkanes of at least 4 members (excludes halogenated alkanes) is 2. The van der Waals surface area contributed by atoms with Crippen LogP contribution in [0.4, 0.5) is 0 Å². The lowest BCUT2D eigenvalue weighted by Gasteiger charge is -2.12. The highest BCUT2D eigenvalue weighted by Crippen LogP contribution is 2.15. The van der Waals surface area contributed by atoms with Crippen LogP contribution in [0.3, 0.4) is 0 Å². The molecule has 0 radical (unpaired) electrons. The highest BCUT2D eigenvalue weighted by atomic mass is 32.2. The molecule has 1 atom stereocenters. The number of hydrogen-bond donors (Lipinski definition) is 2. The van der Waals surface area contributed by atoms with Crippen LogP contribution < -0.4 is 10.0 Å². The third-order valence-corrected chi connectivity index (χ3v) is 4.69. The fourth-order valence-electron chi connectivity index (χ4n) is 2.07. The molecule has 6 heteroatoms. The van der Waals surface area contributed by atoms with Gasteiger partial charge in [0.25, 0.3) is 10.0 Å². The highest BCUT2D eigenvalue weighted by Gasteiger charge is 2.21. The Morgan fingerprint density at radius 3 is 2.62 bits per heavy atom. The van der Waals surface area contributed by atoms with Gasteiger partial charge in [-0.25, -0.2) is 13.1 Å². The minimum absolute atomic E-state index is 0.00172. The summed E-state index contributed by atoms with van der Waals surface area (Å²) in [6.45, 7) is 7.53. The van der Waals surface area contributed by atoms with Gasteiger partial charge in [-0.2, -0.15) is 0 Å². The van der Waals surface area contributed by atoms with Gasteiger partial charge in [0.1, 0.15) is 5.76 Å². The summed E-state index contributed by atoms with van der Waals surface area (Å²) in [6, 6.07) is 3.15. The van der Waals surface area contributed by atoms with Gasteiger partial charge in [0.15, 0.2) is 0 Å². The zero-order chi connectivity index (χ0) is 15.7. The quantitative estimate of drug-likeness (QED) is 0.616. The third-order valence-electron chi connectivity index (χ3n) is 3.22. The summed E-state index contributed by atoms with van der Waals surface area (Å²) in [5.41, 5.74) is 0. The van der Waals surface area contributed by atoms with Crippen LogP contribution in [0.15, 0.2) is 21.6 Å². The van der Waals surface area contributed by atoms with Gasteiger partial charge >= 0.3 is 0 Å². The molecule has 5 nitrogen and oxygen atoms in total. The Morgan fingerprint density at radius 1 is 1.19 bits per heavy atom. The molecule has 21 heavy (non-hydrogen) atoms. The molecule has 1 aromatic heterocycles. The zero-order valence-electron chi connectivity index (χ0n) is 13.3. The topological polar surface area (TPSA) is 71.3 Å². The summed E-state index contributed by atoms with van der Waals surface area (Å²) in [6.07, 6.45) is 5.16. The maximum Gasteiger partial charge on any atom is 0.274 e. The van der Waals surface area contributed by atoms with Crippen molar-refractivity contribution in [3.8, 4) is 0 Å². The van der Waals surface area contributed by atoms with Gasteiger partial charge in [-0.1, -0.05) is 33.1 Å². The fraction of sp³-hybridized carbons (Fsp3) is 0.733. The van der Waals surface area contributed by atoms with E-state index in [4.69, 9.17) is 4.42 Å². The van der Waals surface area contributed by atoms with E-state index in [1.54, 1.807) is 6.07 Å². The Morgan fingerprint density at radius 2 is 1.95 bits per heavy atom. The van der Waals surface area contributed by atoms with Crippen molar-refractivity contribution in [2.75, 3.05) is 6.54 Å². The molecule has 1 rings (SSSR count). The molecule has 0 aromatic carbocycles. The summed E-state index contributed by atoms with van der Waals surface area (Å²) < 4.78 is 32.5. The van der Waals surface area contributed by atoms with E-state index in [-0.39, 0.29) is 11.1 Å². The molecule has 0 fully saturated rings. The van der Waals surface area contributed by atoms with Crippen molar-refractivity contribution in [3.05, 3.63) is 17.9 Å². The van der Waals surface area contributed by atoms with Crippen LogP contribution in [0.5, 0.6) is 0 Å². The monoisotopic (exact) mass is 316 g/mol. The SMILES string of the molecule is CCCCCC(C)NS(=O)(=O)c1ccc(CNCCC)o1. The van der Waals surface area contributed by atoms with E-state index in [1.165, 1.54) is 6.07 Å². The molecule has 1 unspecified atom stereocenters. The predicted molar refractivity (Wildman–Crippen MR) is 84.6 cm³/mol. The molecule has 122 valence electrons. The summed E-state index contributed by atoms with van der Waals surface area (Å²) in [7, 11) is -3.55. The second-order valence-electron chi connectivity index (χ2n) is 5.42. The number of sulfonamides is 1. The Balaban J connectivity index is 2.53. The van der Waals surface area contributed by atoms with Crippen LogP contribution in [0, 0.1) is 0 Å². The van der Waals surface area contributed by atoms with Crippen molar-refractivity contribution in [1.29, 1.82) is 0 Å².